The van der Waals surface area contributed by atoms with Crippen LogP contribution in [0.15, 0.2) is 47.1 Å². The molecule has 0 fully saturated rings. The highest BCUT2D eigenvalue weighted by Crippen LogP contribution is 2.37. The van der Waals surface area contributed by atoms with Gasteiger partial charge in [0.25, 0.3) is 5.91 Å². The van der Waals surface area contributed by atoms with Crippen LogP contribution in [0.4, 0.5) is 13.2 Å². The second kappa shape index (κ2) is 9.06. The molecule has 3 N–H and O–H groups in total. The molecule has 3 aromatic heterocycles. The fourth-order valence-electron chi connectivity index (χ4n) is 3.31. The lowest BCUT2D eigenvalue weighted by molar-refractivity contribution is -0.140. The van der Waals surface area contributed by atoms with Crippen LogP contribution in [0.1, 0.15) is 40.5 Å². The lowest BCUT2D eigenvalue weighted by atomic mass is 10.1. The van der Waals surface area contributed by atoms with Crippen molar-refractivity contribution in [3.8, 4) is 17.2 Å². The molecule has 0 aliphatic rings. The van der Waals surface area contributed by atoms with Gasteiger partial charge in [0.05, 0.1) is 19.3 Å². The van der Waals surface area contributed by atoms with Crippen LogP contribution in [-0.4, -0.2) is 33.2 Å². The molecule has 176 valence electrons. The molecule has 1 atom stereocenters. The second-order valence-electron chi connectivity index (χ2n) is 7.36. The Balaban J connectivity index is 1.76. The molecule has 0 spiro atoms. The Morgan fingerprint density at radius 3 is 2.62 bits per heavy atom. The molecule has 1 amide bonds. The first-order valence-corrected chi connectivity index (χ1v) is 10.0. The van der Waals surface area contributed by atoms with Crippen molar-refractivity contribution in [2.24, 2.45) is 5.73 Å². The Morgan fingerprint density at radius 2 is 1.97 bits per heavy atom. The Labute approximate surface area is 191 Å². The van der Waals surface area contributed by atoms with E-state index in [9.17, 15) is 18.0 Å². The first-order valence-electron chi connectivity index (χ1n) is 10.0. The maximum absolute atomic E-state index is 13.2. The number of pyridine rings is 1. The fraction of sp³-hybridized carbons (Fsp3) is 0.227. The minimum atomic E-state index is -4.63. The summed E-state index contributed by atoms with van der Waals surface area (Å²) in [6.07, 6.45) is -1.63. The van der Waals surface area contributed by atoms with E-state index in [1.54, 1.807) is 19.1 Å². The number of rotatable bonds is 6. The SMILES string of the molecule is COc1ccc(-c2nc(C(=O)NCc3ccnnc3)c([C@H](C)N)o2)c2ccc(C(F)(F)F)nc12. The molecular weight excluding hydrogens is 453 g/mol. The molecule has 0 aliphatic heterocycles. The van der Waals surface area contributed by atoms with Crippen molar-refractivity contribution in [3.63, 3.8) is 0 Å². The summed E-state index contributed by atoms with van der Waals surface area (Å²) in [5, 5.41) is 10.4. The van der Waals surface area contributed by atoms with Gasteiger partial charge < -0.3 is 20.2 Å². The lowest BCUT2D eigenvalue weighted by Crippen LogP contribution is -2.25. The number of fused-ring (bicyclic) bond motifs is 1. The number of nitrogens with two attached hydrogens (primary N) is 1. The van der Waals surface area contributed by atoms with Crippen molar-refractivity contribution >= 4 is 16.8 Å². The largest absolute Gasteiger partial charge is 0.494 e. The third-order valence-electron chi connectivity index (χ3n) is 4.94. The Kier molecular flexibility index (Phi) is 6.16. The molecule has 0 aliphatic carbocycles. The second-order valence-corrected chi connectivity index (χ2v) is 7.36. The molecule has 4 aromatic rings. The minimum absolute atomic E-state index is 0.0113. The quantitative estimate of drug-likeness (QED) is 0.435. The number of benzene rings is 1. The minimum Gasteiger partial charge on any atom is -0.494 e. The molecule has 0 radical (unpaired) electrons. The number of hydrogen-bond donors (Lipinski definition) is 2. The molecule has 0 bridgehead atoms. The van der Waals surface area contributed by atoms with Crippen LogP contribution in [0.5, 0.6) is 5.75 Å². The van der Waals surface area contributed by atoms with Gasteiger partial charge in [0.15, 0.2) is 11.5 Å². The van der Waals surface area contributed by atoms with E-state index >= 15 is 0 Å². The number of carbonyl (C=O) groups excluding carboxylic acids is 1. The van der Waals surface area contributed by atoms with E-state index in [4.69, 9.17) is 14.9 Å². The van der Waals surface area contributed by atoms with Crippen molar-refractivity contribution in [1.29, 1.82) is 0 Å². The first-order chi connectivity index (χ1) is 16.2. The monoisotopic (exact) mass is 472 g/mol. The molecular formula is C22H19F3N6O3. The summed E-state index contributed by atoms with van der Waals surface area (Å²) >= 11 is 0. The number of carbonyl (C=O) groups is 1. The third kappa shape index (κ3) is 4.53. The number of halogens is 3. The number of oxazole rings is 1. The van der Waals surface area contributed by atoms with Gasteiger partial charge in [0.1, 0.15) is 17.0 Å². The van der Waals surface area contributed by atoms with Gasteiger partial charge in [0.2, 0.25) is 5.89 Å². The summed E-state index contributed by atoms with van der Waals surface area (Å²) in [6, 6.07) is 6.16. The lowest BCUT2D eigenvalue weighted by Gasteiger charge is -2.11. The first kappa shape index (κ1) is 23.1. The summed E-state index contributed by atoms with van der Waals surface area (Å²) in [7, 11) is 1.33. The van der Waals surface area contributed by atoms with Gasteiger partial charge in [-0.25, -0.2) is 9.97 Å². The molecule has 4 rings (SSSR count). The number of aromatic nitrogens is 4. The maximum Gasteiger partial charge on any atom is 0.433 e. The number of hydrogen-bond acceptors (Lipinski definition) is 8. The Bertz CT molecular complexity index is 1340. The smallest absolute Gasteiger partial charge is 0.433 e. The molecule has 0 saturated heterocycles. The Hall–Kier alpha value is -4.06. The van der Waals surface area contributed by atoms with Gasteiger partial charge in [-0.3, -0.25) is 4.79 Å². The predicted molar refractivity (Wildman–Crippen MR) is 115 cm³/mol. The number of alkyl halides is 3. The van der Waals surface area contributed by atoms with Crippen molar-refractivity contribution < 1.29 is 27.1 Å². The number of ether oxygens (including phenoxy) is 1. The molecule has 1 aromatic carbocycles. The van der Waals surface area contributed by atoms with Crippen LogP contribution in [0.3, 0.4) is 0 Å². The third-order valence-corrected chi connectivity index (χ3v) is 4.94. The summed E-state index contributed by atoms with van der Waals surface area (Å²) in [5.74, 6) is -0.247. The maximum atomic E-state index is 13.2. The van der Waals surface area contributed by atoms with Crippen LogP contribution < -0.4 is 15.8 Å². The van der Waals surface area contributed by atoms with E-state index in [2.05, 4.69) is 25.5 Å². The van der Waals surface area contributed by atoms with E-state index in [1.807, 2.05) is 0 Å². The van der Waals surface area contributed by atoms with Crippen LogP contribution >= 0.6 is 0 Å². The number of methoxy groups -OCH3 is 1. The fourth-order valence-corrected chi connectivity index (χ4v) is 3.31. The highest BCUT2D eigenvalue weighted by Gasteiger charge is 2.33. The highest BCUT2D eigenvalue weighted by molar-refractivity contribution is 5.98. The van der Waals surface area contributed by atoms with Gasteiger partial charge in [-0.05, 0) is 42.8 Å². The van der Waals surface area contributed by atoms with Gasteiger partial charge in [-0.15, -0.1) is 0 Å². The zero-order chi connectivity index (χ0) is 24.5. The molecule has 12 heteroatoms. The summed E-state index contributed by atoms with van der Waals surface area (Å²) in [4.78, 5) is 20.9. The van der Waals surface area contributed by atoms with Crippen molar-refractivity contribution in [1.82, 2.24) is 25.5 Å². The van der Waals surface area contributed by atoms with E-state index in [0.29, 0.717) is 10.9 Å². The van der Waals surface area contributed by atoms with Crippen molar-refractivity contribution in [3.05, 3.63) is 65.4 Å². The van der Waals surface area contributed by atoms with Crippen molar-refractivity contribution in [2.45, 2.75) is 25.7 Å². The van der Waals surface area contributed by atoms with Crippen LogP contribution in [0.2, 0.25) is 0 Å². The summed E-state index contributed by atoms with van der Waals surface area (Å²) < 4.78 is 50.6. The zero-order valence-corrected chi connectivity index (χ0v) is 18.1. The number of amides is 1. The van der Waals surface area contributed by atoms with E-state index < -0.39 is 23.8 Å². The van der Waals surface area contributed by atoms with Gasteiger partial charge in [-0.2, -0.15) is 23.4 Å². The van der Waals surface area contributed by atoms with Crippen LogP contribution in [0, 0.1) is 0 Å². The standard InChI is InChI=1S/C22H19F3N6O3/c1-11(26)19-18(20(32)27-9-12-7-8-28-29-10-12)31-21(34-19)14-3-5-15(33-2)17-13(14)4-6-16(30-17)22(23,24)25/h3-8,10-11H,9,26H2,1-2H3,(H,27,32)/t11-/m0/s1. The molecule has 3 heterocycles. The van der Waals surface area contributed by atoms with Crippen LogP contribution in [0.25, 0.3) is 22.4 Å². The summed E-state index contributed by atoms with van der Waals surface area (Å²) in [5.41, 5.74) is 5.92. The van der Waals surface area contributed by atoms with E-state index in [0.717, 1.165) is 11.6 Å². The molecule has 0 saturated carbocycles. The molecule has 0 unspecified atom stereocenters. The molecule has 9 nitrogen and oxygen atoms in total. The average Bonchev–Trinajstić information content (AvgIpc) is 3.27. The van der Waals surface area contributed by atoms with Crippen LogP contribution in [-0.2, 0) is 12.7 Å². The average molecular weight is 472 g/mol. The summed E-state index contributed by atoms with van der Waals surface area (Å²) in [6.45, 7) is 1.79. The van der Waals surface area contributed by atoms with Gasteiger partial charge in [0, 0.05) is 23.7 Å². The Morgan fingerprint density at radius 1 is 1.18 bits per heavy atom. The number of nitrogens with one attached hydrogen (secondary N) is 1. The topological polar surface area (TPSA) is 129 Å². The van der Waals surface area contributed by atoms with E-state index in [-0.39, 0.29) is 35.2 Å². The highest BCUT2D eigenvalue weighted by atomic mass is 19.4. The zero-order valence-electron chi connectivity index (χ0n) is 18.1. The predicted octanol–water partition coefficient (Wildman–Crippen LogP) is 3.66. The van der Waals surface area contributed by atoms with Gasteiger partial charge in [-0.1, -0.05) is 0 Å². The van der Waals surface area contributed by atoms with Gasteiger partial charge >= 0.3 is 6.18 Å². The van der Waals surface area contributed by atoms with E-state index in [1.165, 1.54) is 31.6 Å². The number of nitrogens with zero attached hydrogens (tertiary/aromatic N) is 4. The normalized spacial score (nSPS) is 12.5. The van der Waals surface area contributed by atoms with Crippen molar-refractivity contribution in [2.75, 3.05) is 7.11 Å². The molecule has 34 heavy (non-hydrogen) atoms.